The highest BCUT2D eigenvalue weighted by molar-refractivity contribution is 7.19. The molecule has 0 spiro atoms. The van der Waals surface area contributed by atoms with Crippen molar-refractivity contribution in [1.82, 2.24) is 10.1 Å². The van der Waals surface area contributed by atoms with Gasteiger partial charge in [-0.1, -0.05) is 11.3 Å². The van der Waals surface area contributed by atoms with Crippen molar-refractivity contribution in [2.24, 2.45) is 16.7 Å². The molecule has 0 bridgehead atoms. The second kappa shape index (κ2) is 9.79. The Balaban J connectivity index is 1.91. The van der Waals surface area contributed by atoms with Gasteiger partial charge < -0.3 is 20.3 Å². The Hall–Kier alpha value is -3.49. The Labute approximate surface area is 199 Å². The van der Waals surface area contributed by atoms with Gasteiger partial charge in [-0.2, -0.15) is 4.90 Å². The normalized spacial score (nSPS) is 16.4. The first-order valence-corrected chi connectivity index (χ1v) is 10.9. The summed E-state index contributed by atoms with van der Waals surface area (Å²) in [6.45, 7) is 4.85. The molecule has 0 aliphatic carbocycles. The minimum absolute atomic E-state index is 0.0877. The van der Waals surface area contributed by atoms with Gasteiger partial charge in [-0.05, 0) is 39.0 Å². The molecule has 1 fully saturated rings. The number of nitrogens with two attached hydrogens (primary N) is 2. The van der Waals surface area contributed by atoms with Crippen molar-refractivity contribution < 1.29 is 28.6 Å². The summed E-state index contributed by atoms with van der Waals surface area (Å²) in [5, 5.41) is 14.0. The number of hydrazone groups is 1. The average molecular weight is 496 g/mol. The highest BCUT2D eigenvalue weighted by Crippen LogP contribution is 2.35. The first-order valence-electron chi connectivity index (χ1n) is 10.1. The topological polar surface area (TPSA) is 160 Å². The standard InChI is InChI=1S/C20H26FN7O5S/c1-20(2,3)33-19(31)28(16(22)25-26(4)23)17-24-8-15(34-17)13-6-5-11(7-14(13)21)27-9-12(10-29)32-18(27)30/h5-8,12,29H,9-10,23H2,1-4H3,(H2,22,25). The number of hydrogen-bond acceptors (Lipinski definition) is 10. The van der Waals surface area contributed by atoms with Crippen LogP contribution in [0.15, 0.2) is 29.5 Å². The minimum Gasteiger partial charge on any atom is -0.443 e. The number of aliphatic hydroxyl groups is 1. The molecule has 2 heterocycles. The van der Waals surface area contributed by atoms with Gasteiger partial charge in [0.15, 0.2) is 0 Å². The number of aromatic nitrogens is 1. The van der Waals surface area contributed by atoms with Crippen LogP contribution in [0.4, 0.5) is 24.8 Å². The molecule has 1 unspecified atom stereocenters. The highest BCUT2D eigenvalue weighted by atomic mass is 32.1. The molecule has 1 aromatic carbocycles. The van der Waals surface area contributed by atoms with E-state index in [1.54, 1.807) is 26.8 Å². The predicted octanol–water partition coefficient (Wildman–Crippen LogP) is 2.04. The fraction of sp³-hybridized carbons (Fsp3) is 0.400. The molecule has 0 saturated carbocycles. The van der Waals surface area contributed by atoms with E-state index in [0.717, 1.165) is 21.4 Å². The van der Waals surface area contributed by atoms with Crippen LogP contribution in [0.25, 0.3) is 10.4 Å². The third-order valence-corrected chi connectivity index (χ3v) is 5.37. The molecule has 1 atom stereocenters. The molecule has 3 rings (SSSR count). The number of hydrazine groups is 1. The van der Waals surface area contributed by atoms with Crippen LogP contribution < -0.4 is 21.4 Å². The lowest BCUT2D eigenvalue weighted by atomic mass is 10.1. The van der Waals surface area contributed by atoms with Gasteiger partial charge in [0.2, 0.25) is 11.1 Å². The molecule has 5 N–H and O–H groups in total. The third-order valence-electron chi connectivity index (χ3n) is 4.36. The molecule has 1 aliphatic rings. The summed E-state index contributed by atoms with van der Waals surface area (Å²) in [7, 11) is 1.42. The van der Waals surface area contributed by atoms with E-state index >= 15 is 0 Å². The van der Waals surface area contributed by atoms with Gasteiger partial charge in [-0.25, -0.2) is 29.9 Å². The molecule has 14 heteroatoms. The second-order valence-corrected chi connectivity index (χ2v) is 9.33. The Bertz CT molecular complexity index is 1100. The van der Waals surface area contributed by atoms with Crippen LogP contribution in [0, 0.1) is 5.82 Å². The number of hydrogen-bond donors (Lipinski definition) is 3. The van der Waals surface area contributed by atoms with E-state index in [4.69, 9.17) is 21.1 Å². The molecule has 2 amide bonds. The van der Waals surface area contributed by atoms with Gasteiger partial charge in [-0.15, -0.1) is 5.10 Å². The van der Waals surface area contributed by atoms with E-state index in [2.05, 4.69) is 10.1 Å². The summed E-state index contributed by atoms with van der Waals surface area (Å²) in [6.07, 6.45) is -0.795. The van der Waals surface area contributed by atoms with E-state index in [1.807, 2.05) is 0 Å². The van der Waals surface area contributed by atoms with Crippen LogP contribution in [0.3, 0.4) is 0 Å². The molecule has 12 nitrogen and oxygen atoms in total. The number of thiazole rings is 1. The zero-order valence-electron chi connectivity index (χ0n) is 19.1. The van der Waals surface area contributed by atoms with Crippen LogP contribution in [0.5, 0.6) is 0 Å². The lowest BCUT2D eigenvalue weighted by Gasteiger charge is -2.25. The lowest BCUT2D eigenvalue weighted by molar-refractivity contribution is 0.0603. The van der Waals surface area contributed by atoms with Crippen LogP contribution in [-0.2, 0) is 9.47 Å². The number of anilines is 2. The molecular formula is C20H26FN7O5S. The second-order valence-electron chi connectivity index (χ2n) is 8.32. The third kappa shape index (κ3) is 5.70. The minimum atomic E-state index is -0.835. The number of amides is 2. The average Bonchev–Trinajstić information content (AvgIpc) is 3.32. The number of nitrogens with zero attached hydrogens (tertiary/aromatic N) is 5. The van der Waals surface area contributed by atoms with Crippen molar-refractivity contribution in [1.29, 1.82) is 0 Å². The molecule has 2 aromatic rings. The number of ether oxygens (including phenoxy) is 2. The van der Waals surface area contributed by atoms with E-state index in [9.17, 15) is 19.1 Å². The molecule has 1 aliphatic heterocycles. The zero-order chi connectivity index (χ0) is 25.2. The van der Waals surface area contributed by atoms with Gasteiger partial charge in [0.25, 0.3) is 0 Å². The fourth-order valence-electron chi connectivity index (χ4n) is 2.98. The maximum Gasteiger partial charge on any atom is 0.423 e. The van der Waals surface area contributed by atoms with Gasteiger partial charge in [-0.3, -0.25) is 4.90 Å². The van der Waals surface area contributed by atoms with Crippen molar-refractivity contribution in [2.45, 2.75) is 32.5 Å². The quantitative estimate of drug-likeness (QED) is 0.244. The van der Waals surface area contributed by atoms with Crippen LogP contribution in [0.1, 0.15) is 20.8 Å². The lowest BCUT2D eigenvalue weighted by Crippen LogP contribution is -2.46. The van der Waals surface area contributed by atoms with Gasteiger partial charge in [0.05, 0.1) is 23.7 Å². The maximum absolute atomic E-state index is 15.0. The Kier molecular flexibility index (Phi) is 7.24. The number of guanidine groups is 1. The van der Waals surface area contributed by atoms with Gasteiger partial charge in [0.1, 0.15) is 17.5 Å². The summed E-state index contributed by atoms with van der Waals surface area (Å²) in [5.41, 5.74) is 5.60. The smallest absolute Gasteiger partial charge is 0.423 e. The monoisotopic (exact) mass is 495 g/mol. The van der Waals surface area contributed by atoms with E-state index < -0.39 is 29.7 Å². The van der Waals surface area contributed by atoms with Crippen LogP contribution >= 0.6 is 11.3 Å². The molecular weight excluding hydrogens is 469 g/mol. The SMILES string of the molecule is CN(N)/N=C(\N)N(C(=O)OC(C)(C)C)c1ncc(-c2ccc(N3CC(CO)OC3=O)cc2F)s1. The number of cyclic esters (lactones) is 1. The van der Waals surface area contributed by atoms with Gasteiger partial charge in [0, 0.05) is 18.8 Å². The number of carbonyl (C=O) groups is 2. The molecule has 1 saturated heterocycles. The van der Waals surface area contributed by atoms with E-state index in [-0.39, 0.29) is 35.5 Å². The van der Waals surface area contributed by atoms with Crippen molar-refractivity contribution >= 4 is 40.3 Å². The molecule has 184 valence electrons. The maximum atomic E-state index is 15.0. The number of aliphatic hydroxyl groups excluding tert-OH is 1. The Morgan fingerprint density at radius 3 is 2.74 bits per heavy atom. The number of rotatable bonds is 5. The first-order chi connectivity index (χ1) is 15.9. The van der Waals surface area contributed by atoms with Crippen molar-refractivity contribution in [3.05, 3.63) is 30.2 Å². The fourth-order valence-corrected chi connectivity index (χ4v) is 3.92. The highest BCUT2D eigenvalue weighted by Gasteiger charge is 2.33. The van der Waals surface area contributed by atoms with Crippen molar-refractivity contribution in [3.63, 3.8) is 0 Å². The molecule has 1 aromatic heterocycles. The van der Waals surface area contributed by atoms with Crippen LogP contribution in [-0.4, -0.2) is 65.3 Å². The summed E-state index contributed by atoms with van der Waals surface area (Å²) in [5.74, 6) is 4.60. The number of halogens is 1. The first kappa shape index (κ1) is 25.1. The Morgan fingerprint density at radius 1 is 1.47 bits per heavy atom. The number of benzene rings is 1. The van der Waals surface area contributed by atoms with Crippen LogP contribution in [0.2, 0.25) is 0 Å². The summed E-state index contributed by atoms with van der Waals surface area (Å²) >= 11 is 0.976. The van der Waals surface area contributed by atoms with Crippen molar-refractivity contribution in [2.75, 3.05) is 30.0 Å². The molecule has 34 heavy (non-hydrogen) atoms. The zero-order valence-corrected chi connectivity index (χ0v) is 19.9. The van der Waals surface area contributed by atoms with Gasteiger partial charge >= 0.3 is 12.2 Å². The van der Waals surface area contributed by atoms with Crippen molar-refractivity contribution in [3.8, 4) is 10.4 Å². The predicted molar refractivity (Wildman–Crippen MR) is 124 cm³/mol. The summed E-state index contributed by atoms with van der Waals surface area (Å²) < 4.78 is 25.4. The number of carbonyl (C=O) groups excluding carboxylic acids is 2. The molecule has 0 radical (unpaired) electrons. The largest absolute Gasteiger partial charge is 0.443 e. The van der Waals surface area contributed by atoms with E-state index in [1.165, 1.54) is 30.3 Å². The summed E-state index contributed by atoms with van der Waals surface area (Å²) in [6, 6.07) is 4.20. The summed E-state index contributed by atoms with van der Waals surface area (Å²) in [4.78, 5) is 31.5. The van der Waals surface area contributed by atoms with E-state index in [0.29, 0.717) is 4.88 Å². The Morgan fingerprint density at radius 2 is 2.18 bits per heavy atom.